The van der Waals surface area contributed by atoms with Crippen molar-refractivity contribution in [1.82, 2.24) is 9.88 Å². The second kappa shape index (κ2) is 7.51. The predicted octanol–water partition coefficient (Wildman–Crippen LogP) is 4.68. The number of aromatic nitrogens is 1. The predicted molar refractivity (Wildman–Crippen MR) is 110 cm³/mol. The summed E-state index contributed by atoms with van der Waals surface area (Å²) in [6.45, 7) is 7.79. The van der Waals surface area contributed by atoms with Crippen LogP contribution in [0.5, 0.6) is 0 Å². The molecule has 0 saturated heterocycles. The van der Waals surface area contributed by atoms with Crippen molar-refractivity contribution >= 4 is 22.8 Å². The summed E-state index contributed by atoms with van der Waals surface area (Å²) < 4.78 is 2.17. The van der Waals surface area contributed by atoms with Gasteiger partial charge < -0.3 is 9.88 Å². The molecule has 0 fully saturated rings. The normalized spacial score (nSPS) is 11.6. The molecule has 1 N–H and O–H groups in total. The number of rotatable bonds is 4. The maximum absolute atomic E-state index is 12.2. The molecule has 0 unspecified atom stereocenters. The molecule has 4 nitrogen and oxygen atoms in total. The minimum absolute atomic E-state index is 0.0163. The summed E-state index contributed by atoms with van der Waals surface area (Å²) in [5.41, 5.74) is 4.12. The van der Waals surface area contributed by atoms with Crippen LogP contribution in [0, 0.1) is 25.2 Å². The Morgan fingerprint density at radius 3 is 2.56 bits per heavy atom. The van der Waals surface area contributed by atoms with Crippen LogP contribution in [0.4, 0.5) is 0 Å². The second-order valence-electron chi connectivity index (χ2n) is 6.96. The zero-order chi connectivity index (χ0) is 19.6. The Balaban J connectivity index is 2.12. The zero-order valence-electron chi connectivity index (χ0n) is 16.1. The molecule has 0 spiro atoms. The van der Waals surface area contributed by atoms with Crippen LogP contribution in [-0.4, -0.2) is 16.5 Å². The third-order valence-electron chi connectivity index (χ3n) is 4.56. The number of aryl methyl sites for hydroxylation is 1. The summed E-state index contributed by atoms with van der Waals surface area (Å²) in [4.78, 5) is 12.2. The lowest BCUT2D eigenvalue weighted by Crippen LogP contribution is -2.30. The summed E-state index contributed by atoms with van der Waals surface area (Å²) in [5.74, 6) is -0.345. The highest BCUT2D eigenvalue weighted by Gasteiger charge is 2.15. The first-order valence-corrected chi connectivity index (χ1v) is 9.02. The molecule has 1 aromatic heterocycles. The number of benzene rings is 2. The van der Waals surface area contributed by atoms with Crippen LogP contribution in [0.1, 0.15) is 30.8 Å². The van der Waals surface area contributed by atoms with Crippen LogP contribution in [0.2, 0.25) is 0 Å². The van der Waals surface area contributed by atoms with E-state index in [0.29, 0.717) is 0 Å². The van der Waals surface area contributed by atoms with Crippen LogP contribution in [0.15, 0.2) is 54.1 Å². The van der Waals surface area contributed by atoms with Gasteiger partial charge in [0.1, 0.15) is 11.6 Å². The quantitative estimate of drug-likeness (QED) is 0.544. The molecule has 136 valence electrons. The van der Waals surface area contributed by atoms with Gasteiger partial charge in [-0.05, 0) is 56.9 Å². The molecule has 4 heteroatoms. The SMILES string of the molecule is Cc1cc(/C=C(/C#N)C(=O)NC(C)C)c(C)n1-c1cccc2ccccc12. The Labute approximate surface area is 159 Å². The third-order valence-corrected chi connectivity index (χ3v) is 4.56. The van der Waals surface area contributed by atoms with Crippen molar-refractivity contribution < 1.29 is 4.79 Å². The Hall–Kier alpha value is -3.32. The number of hydrogen-bond acceptors (Lipinski definition) is 2. The van der Waals surface area contributed by atoms with E-state index < -0.39 is 0 Å². The molecule has 2 aromatic carbocycles. The Morgan fingerprint density at radius 2 is 1.85 bits per heavy atom. The molecule has 1 heterocycles. The Morgan fingerprint density at radius 1 is 1.15 bits per heavy atom. The van der Waals surface area contributed by atoms with E-state index in [1.165, 1.54) is 5.39 Å². The maximum Gasteiger partial charge on any atom is 0.262 e. The molecule has 0 radical (unpaired) electrons. The van der Waals surface area contributed by atoms with Gasteiger partial charge in [0.15, 0.2) is 0 Å². The van der Waals surface area contributed by atoms with E-state index in [4.69, 9.17) is 0 Å². The fraction of sp³-hybridized carbons (Fsp3) is 0.217. The van der Waals surface area contributed by atoms with Crippen molar-refractivity contribution in [2.24, 2.45) is 0 Å². The largest absolute Gasteiger partial charge is 0.349 e. The summed E-state index contributed by atoms with van der Waals surface area (Å²) in [6, 6.07) is 18.5. The van der Waals surface area contributed by atoms with Gasteiger partial charge in [0, 0.05) is 22.8 Å². The number of nitrogens with one attached hydrogen (secondary N) is 1. The number of hydrogen-bond donors (Lipinski definition) is 1. The van der Waals surface area contributed by atoms with E-state index in [2.05, 4.69) is 34.1 Å². The molecule has 0 aliphatic heterocycles. The van der Waals surface area contributed by atoms with Gasteiger partial charge in [-0.2, -0.15) is 5.26 Å². The molecule has 0 bridgehead atoms. The highest BCUT2D eigenvalue weighted by atomic mass is 16.1. The van der Waals surface area contributed by atoms with Crippen molar-refractivity contribution in [3.63, 3.8) is 0 Å². The number of nitrogens with zero attached hydrogens (tertiary/aromatic N) is 2. The van der Waals surface area contributed by atoms with Gasteiger partial charge in [-0.3, -0.25) is 4.79 Å². The number of amides is 1. The number of carbonyl (C=O) groups excluding carboxylic acids is 1. The van der Waals surface area contributed by atoms with E-state index in [9.17, 15) is 10.1 Å². The number of fused-ring (bicyclic) bond motifs is 1. The van der Waals surface area contributed by atoms with Crippen molar-refractivity contribution in [2.45, 2.75) is 33.7 Å². The lowest BCUT2D eigenvalue weighted by Gasteiger charge is -2.13. The first-order chi connectivity index (χ1) is 12.9. The number of nitriles is 1. The molecular weight excluding hydrogens is 334 g/mol. The van der Waals surface area contributed by atoms with E-state index in [1.807, 2.05) is 58.0 Å². The monoisotopic (exact) mass is 357 g/mol. The highest BCUT2D eigenvalue weighted by molar-refractivity contribution is 6.02. The maximum atomic E-state index is 12.2. The van der Waals surface area contributed by atoms with Gasteiger partial charge in [-0.25, -0.2) is 0 Å². The standard InChI is InChI=1S/C23H23N3O/c1-15(2)25-23(27)20(14-24)13-19-12-16(3)26(17(19)4)22-11-7-9-18-8-5-6-10-21(18)22/h5-13,15H,1-4H3,(H,25,27)/b20-13-. The van der Waals surface area contributed by atoms with Crippen molar-refractivity contribution in [2.75, 3.05) is 0 Å². The highest BCUT2D eigenvalue weighted by Crippen LogP contribution is 2.28. The van der Waals surface area contributed by atoms with E-state index in [1.54, 1.807) is 6.08 Å². The molecule has 3 rings (SSSR count). The van der Waals surface area contributed by atoms with Gasteiger partial charge in [0.25, 0.3) is 5.91 Å². The minimum atomic E-state index is -0.345. The van der Waals surface area contributed by atoms with Gasteiger partial charge >= 0.3 is 0 Å². The van der Waals surface area contributed by atoms with Crippen LogP contribution in [-0.2, 0) is 4.79 Å². The average molecular weight is 357 g/mol. The molecule has 27 heavy (non-hydrogen) atoms. The zero-order valence-corrected chi connectivity index (χ0v) is 16.1. The summed E-state index contributed by atoms with van der Waals surface area (Å²) in [7, 11) is 0. The average Bonchev–Trinajstić information content (AvgIpc) is 2.91. The Bertz CT molecular complexity index is 1080. The smallest absolute Gasteiger partial charge is 0.262 e. The minimum Gasteiger partial charge on any atom is -0.349 e. The van der Waals surface area contributed by atoms with E-state index in [-0.39, 0.29) is 17.5 Å². The fourth-order valence-electron chi connectivity index (χ4n) is 3.35. The lowest BCUT2D eigenvalue weighted by atomic mass is 10.1. The van der Waals surface area contributed by atoms with Gasteiger partial charge in [0.2, 0.25) is 0 Å². The van der Waals surface area contributed by atoms with Gasteiger partial charge in [0.05, 0.1) is 5.69 Å². The molecule has 0 aliphatic carbocycles. The van der Waals surface area contributed by atoms with Crippen LogP contribution in [0.3, 0.4) is 0 Å². The van der Waals surface area contributed by atoms with E-state index in [0.717, 1.165) is 28.0 Å². The first kappa shape index (κ1) is 18.5. The molecule has 0 atom stereocenters. The molecule has 3 aromatic rings. The Kier molecular flexibility index (Phi) is 5.14. The molecule has 0 saturated carbocycles. The molecule has 0 aliphatic rings. The lowest BCUT2D eigenvalue weighted by molar-refractivity contribution is -0.117. The number of carbonyl (C=O) groups is 1. The van der Waals surface area contributed by atoms with Crippen LogP contribution in [0.25, 0.3) is 22.5 Å². The van der Waals surface area contributed by atoms with Gasteiger partial charge in [-0.1, -0.05) is 36.4 Å². The van der Waals surface area contributed by atoms with Crippen molar-refractivity contribution in [1.29, 1.82) is 5.26 Å². The summed E-state index contributed by atoms with van der Waals surface area (Å²) in [5, 5.41) is 14.5. The van der Waals surface area contributed by atoms with Crippen LogP contribution < -0.4 is 5.32 Å². The van der Waals surface area contributed by atoms with E-state index >= 15 is 0 Å². The van der Waals surface area contributed by atoms with Crippen LogP contribution >= 0.6 is 0 Å². The van der Waals surface area contributed by atoms with Gasteiger partial charge in [-0.15, -0.1) is 0 Å². The second-order valence-corrected chi connectivity index (χ2v) is 6.96. The fourth-order valence-corrected chi connectivity index (χ4v) is 3.35. The summed E-state index contributed by atoms with van der Waals surface area (Å²) in [6.07, 6.45) is 1.67. The third kappa shape index (κ3) is 3.63. The topological polar surface area (TPSA) is 57.8 Å². The first-order valence-electron chi connectivity index (χ1n) is 9.02. The molecular formula is C23H23N3O. The summed E-state index contributed by atoms with van der Waals surface area (Å²) >= 11 is 0. The molecule has 1 amide bonds. The van der Waals surface area contributed by atoms with Crippen molar-refractivity contribution in [3.05, 3.63) is 71.1 Å². The van der Waals surface area contributed by atoms with Crippen molar-refractivity contribution in [3.8, 4) is 11.8 Å².